The summed E-state index contributed by atoms with van der Waals surface area (Å²) in [6.45, 7) is 0.398. The van der Waals surface area contributed by atoms with Crippen molar-refractivity contribution in [2.24, 2.45) is 0 Å². The van der Waals surface area contributed by atoms with Gasteiger partial charge in [-0.2, -0.15) is 0 Å². The number of benzene rings is 2. The fourth-order valence-corrected chi connectivity index (χ4v) is 3.17. The highest BCUT2D eigenvalue weighted by Crippen LogP contribution is 2.43. The fraction of sp³-hybridized carbons (Fsp3) is 0.278. The van der Waals surface area contributed by atoms with Crippen LogP contribution in [0, 0.1) is 15.9 Å². The second kappa shape index (κ2) is 6.51. The predicted octanol–water partition coefficient (Wildman–Crippen LogP) is 3.17. The number of hydrogen-bond acceptors (Lipinski definition) is 4. The summed E-state index contributed by atoms with van der Waals surface area (Å²) < 4.78 is 13.1. The molecular weight excluding hydrogens is 325 g/mol. The molecule has 1 saturated carbocycles. The number of nitrogen functional groups attached to an aromatic ring is 1. The van der Waals surface area contributed by atoms with Gasteiger partial charge >= 0.3 is 0 Å². The van der Waals surface area contributed by atoms with Gasteiger partial charge in [-0.25, -0.2) is 4.39 Å². The Morgan fingerprint density at radius 1 is 1.24 bits per heavy atom. The number of amides is 1. The molecule has 2 aromatic carbocycles. The molecule has 0 heterocycles. The zero-order chi connectivity index (χ0) is 18.0. The third kappa shape index (κ3) is 3.31. The van der Waals surface area contributed by atoms with Gasteiger partial charge in [-0.05, 0) is 42.7 Å². The van der Waals surface area contributed by atoms with Crippen molar-refractivity contribution in [3.8, 4) is 0 Å². The molecule has 3 rings (SSSR count). The highest BCUT2D eigenvalue weighted by atomic mass is 19.1. The van der Waals surface area contributed by atoms with Gasteiger partial charge in [0.15, 0.2) is 0 Å². The summed E-state index contributed by atoms with van der Waals surface area (Å²) in [7, 11) is 0. The van der Waals surface area contributed by atoms with Crippen molar-refractivity contribution in [2.45, 2.75) is 24.7 Å². The number of rotatable bonds is 5. The molecule has 0 atom stereocenters. The van der Waals surface area contributed by atoms with Crippen LogP contribution in [-0.2, 0) is 5.41 Å². The van der Waals surface area contributed by atoms with Gasteiger partial charge in [0, 0.05) is 23.6 Å². The number of nitrogens with zero attached hydrogens (tertiary/aromatic N) is 1. The molecular formula is C18H18FN3O3. The van der Waals surface area contributed by atoms with Crippen LogP contribution in [-0.4, -0.2) is 17.4 Å². The van der Waals surface area contributed by atoms with E-state index in [1.54, 1.807) is 12.1 Å². The Balaban J connectivity index is 1.74. The highest BCUT2D eigenvalue weighted by molar-refractivity contribution is 5.95. The summed E-state index contributed by atoms with van der Waals surface area (Å²) >= 11 is 0. The fourth-order valence-electron chi connectivity index (χ4n) is 3.17. The number of carbonyl (C=O) groups is 1. The van der Waals surface area contributed by atoms with Gasteiger partial charge in [0.1, 0.15) is 11.5 Å². The lowest BCUT2D eigenvalue weighted by molar-refractivity contribution is -0.383. The lowest BCUT2D eigenvalue weighted by atomic mass is 9.64. The van der Waals surface area contributed by atoms with Crippen LogP contribution in [0.2, 0.25) is 0 Å². The van der Waals surface area contributed by atoms with E-state index in [4.69, 9.17) is 5.73 Å². The molecule has 1 aliphatic rings. The molecule has 2 aromatic rings. The molecule has 7 heteroatoms. The smallest absolute Gasteiger partial charge is 0.292 e. The number of anilines is 1. The van der Waals surface area contributed by atoms with Gasteiger partial charge in [-0.1, -0.05) is 18.6 Å². The Morgan fingerprint density at radius 2 is 1.92 bits per heavy atom. The topological polar surface area (TPSA) is 98.3 Å². The van der Waals surface area contributed by atoms with E-state index >= 15 is 0 Å². The van der Waals surface area contributed by atoms with Crippen LogP contribution in [0.25, 0.3) is 0 Å². The normalized spacial score (nSPS) is 15.2. The monoisotopic (exact) mass is 343 g/mol. The minimum atomic E-state index is -0.613. The van der Waals surface area contributed by atoms with E-state index in [1.165, 1.54) is 30.3 Å². The summed E-state index contributed by atoms with van der Waals surface area (Å²) in [6, 6.07) is 10.3. The van der Waals surface area contributed by atoms with Gasteiger partial charge in [0.05, 0.1) is 4.92 Å². The van der Waals surface area contributed by atoms with Gasteiger partial charge in [-0.3, -0.25) is 14.9 Å². The molecule has 1 aliphatic carbocycles. The maximum atomic E-state index is 13.1. The maximum absolute atomic E-state index is 13.1. The summed E-state index contributed by atoms with van der Waals surface area (Å²) in [5.41, 5.74) is 6.25. The summed E-state index contributed by atoms with van der Waals surface area (Å²) in [6.07, 6.45) is 2.85. The van der Waals surface area contributed by atoms with E-state index in [0.717, 1.165) is 24.8 Å². The molecule has 6 nitrogen and oxygen atoms in total. The standard InChI is InChI=1S/C18H18FN3O3/c19-14-5-3-13(4-6-14)18(8-1-9-18)11-21-17(23)12-2-7-15(20)16(10-12)22(24)25/h2-7,10H,1,8-9,11,20H2,(H,21,23). The third-order valence-electron chi connectivity index (χ3n) is 4.84. The number of nitrogens with two attached hydrogens (primary N) is 1. The molecule has 0 saturated heterocycles. The van der Waals surface area contributed by atoms with Crippen molar-refractivity contribution in [1.29, 1.82) is 0 Å². The SMILES string of the molecule is Nc1ccc(C(=O)NCC2(c3ccc(F)cc3)CCC2)cc1[N+](=O)[O-]. The quantitative estimate of drug-likeness (QED) is 0.495. The van der Waals surface area contributed by atoms with Crippen LogP contribution in [0.3, 0.4) is 0 Å². The minimum Gasteiger partial charge on any atom is -0.393 e. The number of nitrogens with one attached hydrogen (secondary N) is 1. The van der Waals surface area contributed by atoms with Crippen molar-refractivity contribution in [3.63, 3.8) is 0 Å². The number of nitro groups is 1. The first kappa shape index (κ1) is 16.9. The van der Waals surface area contributed by atoms with Gasteiger partial charge in [0.2, 0.25) is 0 Å². The molecule has 3 N–H and O–H groups in total. The zero-order valence-corrected chi connectivity index (χ0v) is 13.5. The first-order chi connectivity index (χ1) is 11.9. The van der Waals surface area contributed by atoms with Crippen LogP contribution in [0.4, 0.5) is 15.8 Å². The molecule has 1 amide bonds. The Kier molecular flexibility index (Phi) is 4.39. The summed E-state index contributed by atoms with van der Waals surface area (Å²) in [5, 5.41) is 13.8. The molecule has 25 heavy (non-hydrogen) atoms. The van der Waals surface area contributed by atoms with Crippen LogP contribution in [0.1, 0.15) is 35.2 Å². The van der Waals surface area contributed by atoms with E-state index in [2.05, 4.69) is 5.32 Å². The molecule has 0 aliphatic heterocycles. The minimum absolute atomic E-state index is 0.0170. The second-order valence-electron chi connectivity index (χ2n) is 6.35. The van der Waals surface area contributed by atoms with Crippen LogP contribution >= 0.6 is 0 Å². The highest BCUT2D eigenvalue weighted by Gasteiger charge is 2.38. The van der Waals surface area contributed by atoms with Crippen molar-refractivity contribution in [2.75, 3.05) is 12.3 Å². The number of carbonyl (C=O) groups excluding carboxylic acids is 1. The van der Waals surface area contributed by atoms with E-state index in [1.807, 2.05) is 0 Å². The number of halogens is 1. The van der Waals surface area contributed by atoms with Gasteiger partial charge in [-0.15, -0.1) is 0 Å². The summed E-state index contributed by atoms with van der Waals surface area (Å²) in [4.78, 5) is 22.7. The first-order valence-electron chi connectivity index (χ1n) is 7.99. The zero-order valence-electron chi connectivity index (χ0n) is 13.5. The lowest BCUT2D eigenvalue weighted by Crippen LogP contribution is -2.45. The average Bonchev–Trinajstić information content (AvgIpc) is 2.55. The Hall–Kier alpha value is -2.96. The molecule has 0 aromatic heterocycles. The van der Waals surface area contributed by atoms with Gasteiger partial charge in [0.25, 0.3) is 11.6 Å². The second-order valence-corrected chi connectivity index (χ2v) is 6.35. The van der Waals surface area contributed by atoms with E-state index < -0.39 is 10.8 Å². The Labute approximate surface area is 144 Å². The predicted molar refractivity (Wildman–Crippen MR) is 91.8 cm³/mol. The molecule has 0 bridgehead atoms. The van der Waals surface area contributed by atoms with E-state index in [9.17, 15) is 19.3 Å². The molecule has 0 spiro atoms. The third-order valence-corrected chi connectivity index (χ3v) is 4.84. The van der Waals surface area contributed by atoms with Gasteiger partial charge < -0.3 is 11.1 Å². The first-order valence-corrected chi connectivity index (χ1v) is 7.99. The average molecular weight is 343 g/mol. The van der Waals surface area contributed by atoms with Crippen LogP contribution in [0.5, 0.6) is 0 Å². The van der Waals surface area contributed by atoms with E-state index in [0.29, 0.717) is 6.54 Å². The lowest BCUT2D eigenvalue weighted by Gasteiger charge is -2.42. The number of hydrogen-bond donors (Lipinski definition) is 2. The van der Waals surface area contributed by atoms with Crippen molar-refractivity contribution in [3.05, 3.63) is 69.5 Å². The number of nitro benzene ring substituents is 1. The van der Waals surface area contributed by atoms with Crippen LogP contribution in [0.15, 0.2) is 42.5 Å². The molecule has 0 unspecified atom stereocenters. The largest absolute Gasteiger partial charge is 0.393 e. The van der Waals surface area contributed by atoms with Crippen molar-refractivity contribution in [1.82, 2.24) is 5.32 Å². The Bertz CT molecular complexity index is 817. The summed E-state index contributed by atoms with van der Waals surface area (Å²) in [5.74, 6) is -0.687. The van der Waals surface area contributed by atoms with Crippen LogP contribution < -0.4 is 11.1 Å². The maximum Gasteiger partial charge on any atom is 0.292 e. The molecule has 0 radical (unpaired) electrons. The molecule has 1 fully saturated rings. The van der Waals surface area contributed by atoms with Crippen molar-refractivity contribution < 1.29 is 14.1 Å². The van der Waals surface area contributed by atoms with Crippen molar-refractivity contribution >= 4 is 17.3 Å². The van der Waals surface area contributed by atoms with E-state index in [-0.39, 0.29) is 28.2 Å². The molecule has 130 valence electrons. The Morgan fingerprint density at radius 3 is 2.48 bits per heavy atom.